The second kappa shape index (κ2) is 5.91. The number of hydrogen-bond donors (Lipinski definition) is 0. The second-order valence-corrected chi connectivity index (χ2v) is 4.70. The van der Waals surface area contributed by atoms with Crippen LogP contribution in [-0.4, -0.2) is 32.9 Å². The van der Waals surface area contributed by atoms with E-state index in [9.17, 15) is 4.79 Å². The van der Waals surface area contributed by atoms with Crippen molar-refractivity contribution in [3.63, 3.8) is 0 Å². The normalized spacial score (nSPS) is 20.7. The molecular weight excluding hydrogens is 272 g/mol. The third-order valence-electron chi connectivity index (χ3n) is 3.20. The Balaban J connectivity index is 2.36. The highest BCUT2D eigenvalue weighted by Gasteiger charge is 2.27. The van der Waals surface area contributed by atoms with Crippen molar-refractivity contribution in [2.24, 2.45) is 0 Å². The minimum Gasteiger partial charge on any atom is -0.493 e. The van der Waals surface area contributed by atoms with E-state index in [-0.39, 0.29) is 5.97 Å². The highest BCUT2D eigenvalue weighted by molar-refractivity contribution is 5.85. The maximum absolute atomic E-state index is 11.2. The molecule has 2 rings (SSSR count). The molecule has 1 unspecified atom stereocenters. The van der Waals surface area contributed by atoms with Crippen molar-refractivity contribution in [2.75, 3.05) is 21.3 Å². The largest absolute Gasteiger partial charge is 0.493 e. The zero-order valence-electron chi connectivity index (χ0n) is 12.5. The van der Waals surface area contributed by atoms with Gasteiger partial charge in [0.05, 0.1) is 21.3 Å². The zero-order valence-corrected chi connectivity index (χ0v) is 12.5. The van der Waals surface area contributed by atoms with Crippen molar-refractivity contribution in [1.82, 2.24) is 0 Å². The first kappa shape index (κ1) is 15.0. The Bertz CT molecular complexity index is 603. The van der Waals surface area contributed by atoms with Crippen molar-refractivity contribution in [2.45, 2.75) is 12.5 Å². The standard InChI is InChI=1S/C16H18O5/c1-16(10-8-13(17)21-16)9-7-11-5-6-12(18-2)15(20-4)14(11)19-3/h5-10H,1-4H3/b9-7+. The summed E-state index contributed by atoms with van der Waals surface area (Å²) in [6, 6.07) is 3.64. The first-order valence-electron chi connectivity index (χ1n) is 6.43. The molecule has 0 radical (unpaired) electrons. The summed E-state index contributed by atoms with van der Waals surface area (Å²) in [5.74, 6) is 1.32. The van der Waals surface area contributed by atoms with E-state index in [0.717, 1.165) is 5.56 Å². The van der Waals surface area contributed by atoms with Crippen molar-refractivity contribution in [3.05, 3.63) is 35.9 Å². The van der Waals surface area contributed by atoms with E-state index in [1.54, 1.807) is 46.5 Å². The van der Waals surface area contributed by atoms with Crippen LogP contribution in [0.15, 0.2) is 30.4 Å². The Morgan fingerprint density at radius 1 is 1.10 bits per heavy atom. The zero-order chi connectivity index (χ0) is 15.5. The summed E-state index contributed by atoms with van der Waals surface area (Å²) in [4.78, 5) is 11.2. The summed E-state index contributed by atoms with van der Waals surface area (Å²) in [6.07, 6.45) is 6.73. The van der Waals surface area contributed by atoms with Crippen molar-refractivity contribution in [1.29, 1.82) is 0 Å². The summed E-state index contributed by atoms with van der Waals surface area (Å²) in [5.41, 5.74) is 0.0580. The number of esters is 1. The molecule has 1 aromatic rings. The van der Waals surface area contributed by atoms with Gasteiger partial charge in [0, 0.05) is 11.6 Å². The van der Waals surface area contributed by atoms with Crippen molar-refractivity contribution in [3.8, 4) is 17.2 Å². The van der Waals surface area contributed by atoms with E-state index >= 15 is 0 Å². The molecule has 5 heteroatoms. The van der Waals surface area contributed by atoms with E-state index in [1.807, 2.05) is 12.1 Å². The van der Waals surface area contributed by atoms with Crippen molar-refractivity contribution < 1.29 is 23.7 Å². The van der Waals surface area contributed by atoms with Crippen LogP contribution in [0.4, 0.5) is 0 Å². The molecule has 1 aliphatic rings. The Morgan fingerprint density at radius 3 is 2.33 bits per heavy atom. The predicted octanol–water partition coefficient (Wildman–Crippen LogP) is 2.60. The van der Waals surface area contributed by atoms with Crippen molar-refractivity contribution >= 4 is 12.0 Å². The van der Waals surface area contributed by atoms with Gasteiger partial charge in [-0.05, 0) is 31.2 Å². The fourth-order valence-corrected chi connectivity index (χ4v) is 2.12. The molecule has 1 aliphatic heterocycles. The third kappa shape index (κ3) is 3.02. The van der Waals surface area contributed by atoms with Gasteiger partial charge in [-0.3, -0.25) is 0 Å². The molecule has 112 valence electrons. The lowest BCUT2D eigenvalue weighted by Gasteiger charge is -2.17. The number of carbonyl (C=O) groups is 1. The molecule has 21 heavy (non-hydrogen) atoms. The smallest absolute Gasteiger partial charge is 0.331 e. The van der Waals surface area contributed by atoms with Crippen LogP contribution in [0.1, 0.15) is 12.5 Å². The van der Waals surface area contributed by atoms with Gasteiger partial charge in [-0.1, -0.05) is 6.08 Å². The molecule has 1 atom stereocenters. The van der Waals surface area contributed by atoms with Crippen LogP contribution in [0.25, 0.3) is 6.08 Å². The summed E-state index contributed by atoms with van der Waals surface area (Å²) in [7, 11) is 4.68. The molecule has 0 saturated carbocycles. The van der Waals surface area contributed by atoms with Gasteiger partial charge in [0.15, 0.2) is 11.5 Å². The average Bonchev–Trinajstić information content (AvgIpc) is 2.83. The Kier molecular flexibility index (Phi) is 4.21. The highest BCUT2D eigenvalue weighted by Crippen LogP contribution is 2.40. The number of rotatable bonds is 5. The molecule has 0 aromatic heterocycles. The number of hydrogen-bond acceptors (Lipinski definition) is 5. The summed E-state index contributed by atoms with van der Waals surface area (Å²) in [5, 5.41) is 0. The summed E-state index contributed by atoms with van der Waals surface area (Å²) < 4.78 is 21.2. The maximum atomic E-state index is 11.2. The number of benzene rings is 1. The topological polar surface area (TPSA) is 54.0 Å². The van der Waals surface area contributed by atoms with Crippen LogP contribution in [0.5, 0.6) is 17.2 Å². The van der Waals surface area contributed by atoms with Crippen LogP contribution in [0.2, 0.25) is 0 Å². The minimum absolute atomic E-state index is 0.346. The van der Waals surface area contributed by atoms with Crippen LogP contribution in [-0.2, 0) is 9.53 Å². The first-order valence-corrected chi connectivity index (χ1v) is 6.43. The highest BCUT2D eigenvalue weighted by atomic mass is 16.6. The third-order valence-corrected chi connectivity index (χ3v) is 3.20. The number of ether oxygens (including phenoxy) is 4. The molecule has 0 bridgehead atoms. The van der Waals surface area contributed by atoms with Gasteiger partial charge in [0.1, 0.15) is 5.60 Å². The SMILES string of the molecule is COc1ccc(/C=C/C2(C)C=CC(=O)O2)c(OC)c1OC. The summed E-state index contributed by atoms with van der Waals surface area (Å²) in [6.45, 7) is 1.80. The molecule has 0 amide bonds. The molecule has 0 aliphatic carbocycles. The molecule has 1 heterocycles. The van der Waals surface area contributed by atoms with Gasteiger partial charge in [-0.2, -0.15) is 0 Å². The quantitative estimate of drug-likeness (QED) is 0.780. The summed E-state index contributed by atoms with van der Waals surface area (Å²) >= 11 is 0. The lowest BCUT2D eigenvalue weighted by Crippen LogP contribution is -2.20. The van der Waals surface area contributed by atoms with E-state index in [0.29, 0.717) is 17.2 Å². The maximum Gasteiger partial charge on any atom is 0.331 e. The minimum atomic E-state index is -0.741. The van der Waals surface area contributed by atoms with Gasteiger partial charge in [0.25, 0.3) is 0 Å². The number of cyclic esters (lactones) is 1. The molecule has 0 saturated heterocycles. The van der Waals surface area contributed by atoms with Gasteiger partial charge in [-0.15, -0.1) is 0 Å². The lowest BCUT2D eigenvalue weighted by atomic mass is 10.0. The molecule has 5 nitrogen and oxygen atoms in total. The van der Waals surface area contributed by atoms with Crippen LogP contribution >= 0.6 is 0 Å². The monoisotopic (exact) mass is 290 g/mol. The Hall–Kier alpha value is -2.43. The van der Waals surface area contributed by atoms with E-state index in [2.05, 4.69) is 0 Å². The lowest BCUT2D eigenvalue weighted by molar-refractivity contribution is -0.141. The van der Waals surface area contributed by atoms with Gasteiger partial charge >= 0.3 is 5.97 Å². The van der Waals surface area contributed by atoms with Crippen LogP contribution < -0.4 is 14.2 Å². The Morgan fingerprint density at radius 2 is 1.81 bits per heavy atom. The molecule has 0 spiro atoms. The van der Waals surface area contributed by atoms with E-state index in [1.165, 1.54) is 6.08 Å². The van der Waals surface area contributed by atoms with E-state index in [4.69, 9.17) is 18.9 Å². The van der Waals surface area contributed by atoms with Gasteiger partial charge in [-0.25, -0.2) is 4.79 Å². The van der Waals surface area contributed by atoms with Gasteiger partial charge in [0.2, 0.25) is 5.75 Å². The molecule has 0 N–H and O–H groups in total. The predicted molar refractivity (Wildman–Crippen MR) is 78.8 cm³/mol. The van der Waals surface area contributed by atoms with Crippen LogP contribution in [0.3, 0.4) is 0 Å². The molecule has 0 fully saturated rings. The fraction of sp³-hybridized carbons (Fsp3) is 0.312. The average molecular weight is 290 g/mol. The Labute approximate surface area is 123 Å². The van der Waals surface area contributed by atoms with Gasteiger partial charge < -0.3 is 18.9 Å². The first-order chi connectivity index (χ1) is 10.0. The fourth-order valence-electron chi connectivity index (χ4n) is 2.12. The number of carbonyl (C=O) groups excluding carboxylic acids is 1. The molecule has 1 aromatic carbocycles. The number of methoxy groups -OCH3 is 3. The second-order valence-electron chi connectivity index (χ2n) is 4.70. The van der Waals surface area contributed by atoms with E-state index < -0.39 is 5.60 Å². The van der Waals surface area contributed by atoms with Crippen LogP contribution in [0, 0.1) is 0 Å². The molecular formula is C16H18O5.